The van der Waals surface area contributed by atoms with Gasteiger partial charge in [0.05, 0.1) is 13.2 Å². The molecule has 0 aromatic carbocycles. The molecule has 0 radical (unpaired) electrons. The minimum Gasteiger partial charge on any atom is -0.396 e. The lowest BCUT2D eigenvalue weighted by Crippen LogP contribution is -2.48. The van der Waals surface area contributed by atoms with E-state index in [4.69, 9.17) is 9.84 Å². The zero-order valence-electron chi connectivity index (χ0n) is 11.5. The summed E-state index contributed by atoms with van der Waals surface area (Å²) in [4.78, 5) is 14.1. The molecule has 2 N–H and O–H groups in total. The van der Waals surface area contributed by atoms with Crippen LogP contribution in [0.2, 0.25) is 0 Å². The molecule has 5 nitrogen and oxygen atoms in total. The van der Waals surface area contributed by atoms with Gasteiger partial charge in [-0.1, -0.05) is 6.42 Å². The number of carbonyl (C=O) groups is 1. The van der Waals surface area contributed by atoms with Crippen LogP contribution in [0, 0.1) is 0 Å². The molecular formula is C13H26N2O3. The van der Waals surface area contributed by atoms with Crippen LogP contribution in [-0.2, 0) is 9.53 Å². The molecule has 2 atom stereocenters. The van der Waals surface area contributed by atoms with Crippen LogP contribution in [-0.4, -0.2) is 61.4 Å². The van der Waals surface area contributed by atoms with Crippen molar-refractivity contribution in [3.8, 4) is 0 Å². The highest BCUT2D eigenvalue weighted by Crippen LogP contribution is 2.18. The van der Waals surface area contributed by atoms with Crippen molar-refractivity contribution in [1.29, 1.82) is 0 Å². The van der Waals surface area contributed by atoms with Crippen LogP contribution >= 0.6 is 0 Å². The number of aliphatic hydroxyl groups is 1. The van der Waals surface area contributed by atoms with Gasteiger partial charge in [0.2, 0.25) is 5.91 Å². The minimum atomic E-state index is 0.0450. The molecule has 5 heteroatoms. The van der Waals surface area contributed by atoms with Crippen molar-refractivity contribution in [2.45, 2.75) is 44.7 Å². The van der Waals surface area contributed by atoms with Crippen LogP contribution in [0.4, 0.5) is 0 Å². The van der Waals surface area contributed by atoms with Gasteiger partial charge in [-0.15, -0.1) is 0 Å². The summed E-state index contributed by atoms with van der Waals surface area (Å²) in [6.45, 7) is 4.05. The Balaban J connectivity index is 2.36. The fourth-order valence-electron chi connectivity index (χ4n) is 2.54. The molecule has 1 aliphatic heterocycles. The Labute approximate surface area is 109 Å². The number of rotatable bonds is 7. The zero-order chi connectivity index (χ0) is 13.4. The Morgan fingerprint density at radius 1 is 1.56 bits per heavy atom. The molecule has 18 heavy (non-hydrogen) atoms. The third-order valence-electron chi connectivity index (χ3n) is 3.38. The van der Waals surface area contributed by atoms with Gasteiger partial charge in [0.1, 0.15) is 0 Å². The average molecular weight is 258 g/mol. The Kier molecular flexibility index (Phi) is 7.23. The highest BCUT2D eigenvalue weighted by molar-refractivity contribution is 5.78. The average Bonchev–Trinajstić information content (AvgIpc) is 2.32. The van der Waals surface area contributed by atoms with E-state index < -0.39 is 0 Å². The molecule has 2 unspecified atom stereocenters. The van der Waals surface area contributed by atoms with Gasteiger partial charge in [-0.05, 0) is 32.7 Å². The molecule has 0 spiro atoms. The molecule has 0 saturated carbocycles. The van der Waals surface area contributed by atoms with Gasteiger partial charge in [-0.3, -0.25) is 9.69 Å². The predicted molar refractivity (Wildman–Crippen MR) is 70.4 cm³/mol. The summed E-state index contributed by atoms with van der Waals surface area (Å²) in [5.41, 5.74) is 0. The van der Waals surface area contributed by atoms with Crippen LogP contribution in [0.3, 0.4) is 0 Å². The number of hydrogen-bond donors (Lipinski definition) is 2. The minimum absolute atomic E-state index is 0.0450. The lowest BCUT2D eigenvalue weighted by atomic mass is 9.99. The van der Waals surface area contributed by atoms with Gasteiger partial charge in [-0.25, -0.2) is 0 Å². The molecule has 0 aromatic rings. The smallest absolute Gasteiger partial charge is 0.234 e. The summed E-state index contributed by atoms with van der Waals surface area (Å²) < 4.78 is 4.99. The molecular weight excluding hydrogens is 232 g/mol. The van der Waals surface area contributed by atoms with E-state index in [9.17, 15) is 4.79 Å². The molecule has 0 bridgehead atoms. The number of likely N-dealkylation sites (tertiary alicyclic amines) is 1. The third kappa shape index (κ3) is 5.33. The molecule has 0 aromatic heterocycles. The molecule has 1 amide bonds. The molecule has 1 saturated heterocycles. The van der Waals surface area contributed by atoms with Gasteiger partial charge in [0.15, 0.2) is 0 Å². The summed E-state index contributed by atoms with van der Waals surface area (Å²) >= 11 is 0. The SMILES string of the molecule is COCC(C)NC(=O)CN1CCCCC1CCO. The monoisotopic (exact) mass is 258 g/mol. The summed E-state index contributed by atoms with van der Waals surface area (Å²) in [7, 11) is 1.63. The molecule has 1 rings (SSSR count). The number of ether oxygens (including phenoxy) is 1. The first kappa shape index (κ1) is 15.4. The van der Waals surface area contributed by atoms with Crippen molar-refractivity contribution >= 4 is 5.91 Å². The largest absolute Gasteiger partial charge is 0.396 e. The summed E-state index contributed by atoms with van der Waals surface area (Å²) in [5, 5.41) is 12.0. The van der Waals surface area contributed by atoms with Gasteiger partial charge in [-0.2, -0.15) is 0 Å². The Morgan fingerprint density at radius 2 is 2.33 bits per heavy atom. The maximum atomic E-state index is 11.9. The number of hydrogen-bond acceptors (Lipinski definition) is 4. The number of amides is 1. The molecule has 106 valence electrons. The number of carbonyl (C=O) groups excluding carboxylic acids is 1. The van der Waals surface area contributed by atoms with Crippen molar-refractivity contribution in [1.82, 2.24) is 10.2 Å². The highest BCUT2D eigenvalue weighted by Gasteiger charge is 2.23. The molecule has 1 aliphatic rings. The lowest BCUT2D eigenvalue weighted by molar-refractivity contribution is -0.124. The first-order valence-corrected chi connectivity index (χ1v) is 6.80. The second kappa shape index (κ2) is 8.45. The maximum Gasteiger partial charge on any atom is 0.234 e. The summed E-state index contributed by atoms with van der Waals surface area (Å²) in [6.07, 6.45) is 4.19. The Hall–Kier alpha value is -0.650. The van der Waals surface area contributed by atoms with E-state index >= 15 is 0 Å². The van der Waals surface area contributed by atoms with E-state index in [1.165, 1.54) is 6.42 Å². The van der Waals surface area contributed by atoms with Gasteiger partial charge in [0.25, 0.3) is 0 Å². The van der Waals surface area contributed by atoms with Crippen LogP contribution in [0.25, 0.3) is 0 Å². The van der Waals surface area contributed by atoms with Crippen LogP contribution in [0.5, 0.6) is 0 Å². The first-order valence-electron chi connectivity index (χ1n) is 6.80. The summed E-state index contributed by atoms with van der Waals surface area (Å²) in [6, 6.07) is 0.399. The maximum absolute atomic E-state index is 11.9. The number of methoxy groups -OCH3 is 1. The van der Waals surface area contributed by atoms with Crippen LogP contribution in [0.15, 0.2) is 0 Å². The van der Waals surface area contributed by atoms with E-state index in [0.717, 1.165) is 25.8 Å². The second-order valence-electron chi connectivity index (χ2n) is 5.06. The quantitative estimate of drug-likeness (QED) is 0.693. The van der Waals surface area contributed by atoms with Crippen LogP contribution < -0.4 is 5.32 Å². The summed E-state index contributed by atoms with van der Waals surface area (Å²) in [5.74, 6) is 0.0457. The van der Waals surface area contributed by atoms with Gasteiger partial charge >= 0.3 is 0 Å². The van der Waals surface area contributed by atoms with E-state index in [-0.39, 0.29) is 18.6 Å². The zero-order valence-corrected chi connectivity index (χ0v) is 11.5. The molecule has 0 aliphatic carbocycles. The molecule has 1 fully saturated rings. The van der Waals surface area contributed by atoms with Crippen molar-refractivity contribution in [2.75, 3.05) is 33.4 Å². The number of piperidine rings is 1. The first-order chi connectivity index (χ1) is 8.67. The van der Waals surface area contributed by atoms with Crippen molar-refractivity contribution < 1.29 is 14.6 Å². The van der Waals surface area contributed by atoms with E-state index in [1.807, 2.05) is 6.92 Å². The third-order valence-corrected chi connectivity index (χ3v) is 3.38. The van der Waals surface area contributed by atoms with E-state index in [0.29, 0.717) is 19.2 Å². The van der Waals surface area contributed by atoms with E-state index in [1.54, 1.807) is 7.11 Å². The second-order valence-corrected chi connectivity index (χ2v) is 5.06. The number of nitrogens with zero attached hydrogens (tertiary/aromatic N) is 1. The van der Waals surface area contributed by atoms with Crippen molar-refractivity contribution in [3.05, 3.63) is 0 Å². The topological polar surface area (TPSA) is 61.8 Å². The molecule has 1 heterocycles. The standard InChI is InChI=1S/C13H26N2O3/c1-11(10-18-2)14-13(17)9-15-7-4-3-5-12(15)6-8-16/h11-12,16H,3-10H2,1-2H3,(H,14,17). The number of aliphatic hydroxyl groups excluding tert-OH is 1. The fraction of sp³-hybridized carbons (Fsp3) is 0.923. The van der Waals surface area contributed by atoms with Crippen molar-refractivity contribution in [3.63, 3.8) is 0 Å². The fourth-order valence-corrected chi connectivity index (χ4v) is 2.54. The van der Waals surface area contributed by atoms with E-state index in [2.05, 4.69) is 10.2 Å². The van der Waals surface area contributed by atoms with Gasteiger partial charge in [0, 0.05) is 25.8 Å². The Morgan fingerprint density at radius 3 is 3.00 bits per heavy atom. The van der Waals surface area contributed by atoms with Crippen molar-refractivity contribution in [2.24, 2.45) is 0 Å². The van der Waals surface area contributed by atoms with Gasteiger partial charge < -0.3 is 15.2 Å². The van der Waals surface area contributed by atoms with Crippen LogP contribution in [0.1, 0.15) is 32.6 Å². The normalized spacial score (nSPS) is 22.7. The lowest BCUT2D eigenvalue weighted by Gasteiger charge is -2.35. The predicted octanol–water partition coefficient (Wildman–Crippen LogP) is 0.374. The highest BCUT2D eigenvalue weighted by atomic mass is 16.5. The Bertz CT molecular complexity index is 246. The number of nitrogens with one attached hydrogen (secondary N) is 1.